The van der Waals surface area contributed by atoms with Crippen molar-refractivity contribution in [3.05, 3.63) is 221 Å². The second-order valence-electron chi connectivity index (χ2n) is 17.9. The molecule has 59 heavy (non-hydrogen) atoms. The van der Waals surface area contributed by atoms with E-state index in [-0.39, 0.29) is 5.41 Å². The smallest absolute Gasteiger partial charge is 0.0722 e. The molecule has 13 rings (SSSR count). The molecule has 0 saturated heterocycles. The van der Waals surface area contributed by atoms with Gasteiger partial charge in [-0.05, 0) is 132 Å². The molecule has 3 bridgehead atoms. The molecule has 1 fully saturated rings. The second-order valence-corrected chi connectivity index (χ2v) is 17.9. The van der Waals surface area contributed by atoms with Gasteiger partial charge >= 0.3 is 0 Å². The zero-order chi connectivity index (χ0) is 38.8. The first kappa shape index (κ1) is 33.4. The van der Waals surface area contributed by atoms with Gasteiger partial charge in [0.25, 0.3) is 0 Å². The monoisotopic (exact) mass is 753 g/mol. The maximum Gasteiger partial charge on any atom is 0.0722 e. The Hall–Kier alpha value is -6.57. The lowest BCUT2D eigenvalue weighted by atomic mass is 9.37. The van der Waals surface area contributed by atoms with Gasteiger partial charge in [0.2, 0.25) is 0 Å². The minimum Gasteiger partial charge on any atom is -0.248 e. The molecule has 0 aliphatic heterocycles. The van der Waals surface area contributed by atoms with Gasteiger partial charge in [-0.2, -0.15) is 0 Å². The molecule has 0 amide bonds. The van der Waals surface area contributed by atoms with E-state index in [2.05, 4.69) is 195 Å². The second kappa shape index (κ2) is 12.5. The lowest BCUT2D eigenvalue weighted by molar-refractivity contribution is 0.104. The predicted octanol–water partition coefficient (Wildman–Crippen LogP) is 14.3. The summed E-state index contributed by atoms with van der Waals surface area (Å²) in [5.41, 5.74) is 17.4. The highest BCUT2D eigenvalue weighted by molar-refractivity contribution is 6.13. The Morgan fingerprint density at radius 3 is 2.29 bits per heavy atom. The Kier molecular flexibility index (Phi) is 7.06. The van der Waals surface area contributed by atoms with Crippen LogP contribution in [0.15, 0.2) is 193 Å². The fraction of sp³-hybridized carbons (Fsp3) is 0.155. The lowest BCUT2D eigenvalue weighted by Gasteiger charge is -2.65. The average molecular weight is 754 g/mol. The van der Waals surface area contributed by atoms with Crippen LogP contribution in [0.1, 0.15) is 47.1 Å². The van der Waals surface area contributed by atoms with Crippen LogP contribution in [-0.4, -0.2) is 4.98 Å². The van der Waals surface area contributed by atoms with E-state index in [0.717, 1.165) is 23.2 Å². The molecular weight excluding hydrogens is 711 g/mol. The summed E-state index contributed by atoms with van der Waals surface area (Å²) >= 11 is 0. The number of rotatable bonds is 5. The third-order valence-corrected chi connectivity index (χ3v) is 14.8. The molecule has 6 atom stereocenters. The van der Waals surface area contributed by atoms with Gasteiger partial charge in [0, 0.05) is 22.3 Å². The van der Waals surface area contributed by atoms with Crippen molar-refractivity contribution in [2.45, 2.75) is 31.1 Å². The standard InChI is InChI=1S/C58H43N/c1-35-15-16-37-18-20-43(31-44(37)29-35)55-50-32-46-26-27-48(50)54(42-19-17-36-9-5-6-13-41(36)30-42)51-34-58(46,57(51)55)45-24-21-40(22-25-45)53-33-49(38-10-3-2-4-11-38)56-47-14-8-7-12-39(47)23-28-52(56)59-53/h2-28,30-31,33-35,46,50,55,57H,29,32H2,1H3. The number of nitrogens with zero attached hydrogens (tertiary/aromatic N) is 1. The molecule has 1 heterocycles. The molecule has 5 aliphatic rings. The quantitative estimate of drug-likeness (QED) is 0.160. The Labute approximate surface area is 345 Å². The third kappa shape index (κ3) is 4.82. The largest absolute Gasteiger partial charge is 0.248 e. The molecule has 1 aromatic heterocycles. The van der Waals surface area contributed by atoms with E-state index in [1.54, 1.807) is 11.1 Å². The minimum atomic E-state index is -0.0758. The number of aromatic nitrogens is 1. The van der Waals surface area contributed by atoms with Crippen LogP contribution in [0.5, 0.6) is 0 Å². The Morgan fingerprint density at radius 2 is 1.41 bits per heavy atom. The molecule has 0 spiro atoms. The average Bonchev–Trinajstić information content (AvgIpc) is 3.27. The predicted molar refractivity (Wildman–Crippen MR) is 246 cm³/mol. The van der Waals surface area contributed by atoms with Gasteiger partial charge in [-0.3, -0.25) is 0 Å². The van der Waals surface area contributed by atoms with Crippen LogP contribution in [0, 0.1) is 23.7 Å². The summed E-state index contributed by atoms with van der Waals surface area (Å²) in [6.07, 6.45) is 14.8. The van der Waals surface area contributed by atoms with E-state index in [1.165, 1.54) is 77.9 Å². The van der Waals surface area contributed by atoms with Crippen LogP contribution in [0.25, 0.3) is 66.5 Å². The number of hydrogen-bond donors (Lipinski definition) is 0. The van der Waals surface area contributed by atoms with Crippen LogP contribution < -0.4 is 0 Å². The Morgan fingerprint density at radius 1 is 0.627 bits per heavy atom. The van der Waals surface area contributed by atoms with Crippen LogP contribution in [0.3, 0.4) is 0 Å². The summed E-state index contributed by atoms with van der Waals surface area (Å²) in [7, 11) is 0. The van der Waals surface area contributed by atoms with Crippen molar-refractivity contribution in [1.82, 2.24) is 4.98 Å². The molecular formula is C58H43N. The summed E-state index contributed by atoms with van der Waals surface area (Å²) in [6, 6.07) is 59.3. The first-order chi connectivity index (χ1) is 29.1. The summed E-state index contributed by atoms with van der Waals surface area (Å²) < 4.78 is 0. The molecule has 0 radical (unpaired) electrons. The number of allylic oxidation sites excluding steroid dienone is 7. The van der Waals surface area contributed by atoms with Crippen LogP contribution in [-0.2, 0) is 11.8 Å². The first-order valence-corrected chi connectivity index (χ1v) is 21.6. The van der Waals surface area contributed by atoms with Gasteiger partial charge in [0.05, 0.1) is 11.2 Å². The maximum atomic E-state index is 5.36. The molecule has 8 aromatic rings. The fourth-order valence-electron chi connectivity index (χ4n) is 12.2. The van der Waals surface area contributed by atoms with Gasteiger partial charge in [-0.15, -0.1) is 0 Å². The highest BCUT2D eigenvalue weighted by Gasteiger charge is 2.64. The van der Waals surface area contributed by atoms with Crippen molar-refractivity contribution in [2.24, 2.45) is 23.7 Å². The van der Waals surface area contributed by atoms with E-state index in [1.807, 2.05) is 0 Å². The molecule has 7 aromatic carbocycles. The topological polar surface area (TPSA) is 12.9 Å². The lowest BCUT2D eigenvalue weighted by Crippen LogP contribution is -2.59. The molecule has 0 N–H and O–H groups in total. The summed E-state index contributed by atoms with van der Waals surface area (Å²) in [4.78, 5) is 5.36. The molecule has 6 unspecified atom stereocenters. The van der Waals surface area contributed by atoms with Crippen molar-refractivity contribution in [2.75, 3.05) is 0 Å². The van der Waals surface area contributed by atoms with Gasteiger partial charge < -0.3 is 0 Å². The fourth-order valence-corrected chi connectivity index (χ4v) is 12.2. The van der Waals surface area contributed by atoms with E-state index >= 15 is 0 Å². The van der Waals surface area contributed by atoms with Crippen LogP contribution >= 0.6 is 0 Å². The van der Waals surface area contributed by atoms with E-state index in [9.17, 15) is 0 Å². The zero-order valence-electron chi connectivity index (χ0n) is 33.1. The Balaban J connectivity index is 0.966. The molecule has 1 saturated carbocycles. The van der Waals surface area contributed by atoms with E-state index in [4.69, 9.17) is 4.98 Å². The number of benzene rings is 7. The van der Waals surface area contributed by atoms with Gasteiger partial charge in [-0.1, -0.05) is 177 Å². The van der Waals surface area contributed by atoms with E-state index < -0.39 is 0 Å². The van der Waals surface area contributed by atoms with Crippen molar-refractivity contribution in [1.29, 1.82) is 0 Å². The van der Waals surface area contributed by atoms with Gasteiger partial charge in [-0.25, -0.2) is 4.98 Å². The number of pyridine rings is 1. The highest BCUT2D eigenvalue weighted by atomic mass is 14.7. The van der Waals surface area contributed by atoms with Crippen molar-refractivity contribution < 1.29 is 0 Å². The summed E-state index contributed by atoms with van der Waals surface area (Å²) in [5.74, 6) is 2.37. The summed E-state index contributed by atoms with van der Waals surface area (Å²) in [5, 5.41) is 6.31. The normalized spacial score (nSPS) is 24.7. The van der Waals surface area contributed by atoms with Gasteiger partial charge in [0.15, 0.2) is 0 Å². The molecule has 1 nitrogen and oxygen atoms in total. The number of hydrogen-bond acceptors (Lipinski definition) is 1. The van der Waals surface area contributed by atoms with Crippen LogP contribution in [0.4, 0.5) is 0 Å². The van der Waals surface area contributed by atoms with Gasteiger partial charge in [0.1, 0.15) is 0 Å². The molecule has 5 aliphatic carbocycles. The number of fused-ring (bicyclic) bond motifs is 7. The first-order valence-electron chi connectivity index (χ1n) is 21.6. The summed E-state index contributed by atoms with van der Waals surface area (Å²) in [6.45, 7) is 2.35. The van der Waals surface area contributed by atoms with Crippen LogP contribution in [0.2, 0.25) is 0 Å². The van der Waals surface area contributed by atoms with Crippen molar-refractivity contribution >= 4 is 44.1 Å². The SMILES string of the molecule is CC1C=Cc2ccc(C3C4CC5C=CC4=C(c4ccc6ccccc6c4)C4=CC5(c5ccc(-c6cc(-c7ccccc7)c7c(ccc8ccccc87)n6)cc5)C43)cc2C1. The third-order valence-electron chi connectivity index (χ3n) is 14.8. The molecule has 280 valence electrons. The Bertz CT molecular complexity index is 3200. The minimum absolute atomic E-state index is 0.0758. The highest BCUT2D eigenvalue weighted by Crippen LogP contribution is 2.72. The maximum absolute atomic E-state index is 5.36. The molecule has 1 heteroatoms. The zero-order valence-corrected chi connectivity index (χ0v) is 33.1. The van der Waals surface area contributed by atoms with Crippen molar-refractivity contribution in [3.8, 4) is 22.4 Å². The van der Waals surface area contributed by atoms with E-state index in [0.29, 0.717) is 29.6 Å². The van der Waals surface area contributed by atoms with Crippen molar-refractivity contribution in [3.63, 3.8) is 0 Å².